The molecule has 20 heavy (non-hydrogen) atoms. The Labute approximate surface area is 121 Å². The van der Waals surface area contributed by atoms with Gasteiger partial charge in [-0.3, -0.25) is 4.79 Å². The van der Waals surface area contributed by atoms with Crippen LogP contribution in [0.15, 0.2) is 46.6 Å². The van der Waals surface area contributed by atoms with Crippen molar-refractivity contribution in [1.29, 1.82) is 0 Å². The van der Waals surface area contributed by atoms with E-state index in [0.29, 0.717) is 11.6 Å². The van der Waals surface area contributed by atoms with Crippen LogP contribution in [0.2, 0.25) is 0 Å². The first kappa shape index (κ1) is 14.5. The number of amides is 1. The Morgan fingerprint density at radius 2 is 2.15 bits per heavy atom. The van der Waals surface area contributed by atoms with Crippen molar-refractivity contribution in [3.05, 3.63) is 42.0 Å². The van der Waals surface area contributed by atoms with Crippen LogP contribution in [0.1, 0.15) is 12.0 Å². The molecule has 0 aromatic heterocycles. The van der Waals surface area contributed by atoms with Crippen molar-refractivity contribution >= 4 is 35.1 Å². The molecule has 1 amide bonds. The Bertz CT molecular complexity index is 541. The summed E-state index contributed by atoms with van der Waals surface area (Å²) in [5.74, 6) is -0.127. The molecule has 2 rings (SSSR count). The van der Waals surface area contributed by atoms with E-state index in [1.54, 1.807) is 12.3 Å². The van der Waals surface area contributed by atoms with Crippen molar-refractivity contribution in [1.82, 2.24) is 5.32 Å². The lowest BCUT2D eigenvalue weighted by atomic mass is 10.2. The van der Waals surface area contributed by atoms with E-state index in [0.717, 1.165) is 5.56 Å². The van der Waals surface area contributed by atoms with Gasteiger partial charge < -0.3 is 10.4 Å². The van der Waals surface area contributed by atoms with Crippen molar-refractivity contribution in [2.24, 2.45) is 10.2 Å². The van der Waals surface area contributed by atoms with Crippen LogP contribution in [-0.4, -0.2) is 34.3 Å². The van der Waals surface area contributed by atoms with Crippen molar-refractivity contribution < 1.29 is 9.90 Å². The van der Waals surface area contributed by atoms with Crippen LogP contribution in [-0.2, 0) is 4.79 Å². The van der Waals surface area contributed by atoms with E-state index in [2.05, 4.69) is 15.5 Å². The molecule has 5 nitrogen and oxygen atoms in total. The van der Waals surface area contributed by atoms with Gasteiger partial charge in [-0.15, -0.1) is 5.10 Å². The maximum Gasteiger partial charge on any atom is 0.239 e. The number of aliphatic hydroxyl groups is 1. The highest BCUT2D eigenvalue weighted by Crippen LogP contribution is 2.21. The van der Waals surface area contributed by atoms with Crippen molar-refractivity contribution in [2.75, 3.05) is 6.61 Å². The van der Waals surface area contributed by atoms with Gasteiger partial charge in [0.05, 0.1) is 5.25 Å². The first-order valence-electron chi connectivity index (χ1n) is 6.20. The summed E-state index contributed by atoms with van der Waals surface area (Å²) in [6, 6.07) is 9.86. The van der Waals surface area contributed by atoms with E-state index in [9.17, 15) is 4.79 Å². The molecule has 1 atom stereocenters. The lowest BCUT2D eigenvalue weighted by Gasteiger charge is -1.98. The number of amidine groups is 1. The molecule has 2 N–H and O–H groups in total. The Balaban J connectivity index is 1.86. The summed E-state index contributed by atoms with van der Waals surface area (Å²) in [4.78, 5) is 11.5. The molecule has 0 spiro atoms. The first-order chi connectivity index (χ1) is 9.79. The fourth-order valence-electron chi connectivity index (χ4n) is 1.60. The second kappa shape index (κ2) is 7.62. The number of nitrogens with one attached hydrogen (secondary N) is 1. The molecule has 1 aromatic rings. The fraction of sp³-hybridized carbons (Fsp3) is 0.214. The molecule has 1 fully saturated rings. The zero-order valence-electron chi connectivity index (χ0n) is 10.8. The zero-order valence-corrected chi connectivity index (χ0v) is 11.6. The number of nitrogens with zero attached hydrogens (tertiary/aromatic N) is 2. The number of rotatable bonds is 5. The van der Waals surface area contributed by atoms with Crippen molar-refractivity contribution in [3.8, 4) is 0 Å². The van der Waals surface area contributed by atoms with Crippen LogP contribution in [0.4, 0.5) is 0 Å². The van der Waals surface area contributed by atoms with Gasteiger partial charge in [0, 0.05) is 12.8 Å². The monoisotopic (exact) mass is 289 g/mol. The maximum absolute atomic E-state index is 11.5. The molecule has 0 aliphatic carbocycles. The fourth-order valence-corrected chi connectivity index (χ4v) is 2.51. The summed E-state index contributed by atoms with van der Waals surface area (Å²) in [7, 11) is 0. The van der Waals surface area contributed by atoms with E-state index >= 15 is 0 Å². The van der Waals surface area contributed by atoms with E-state index in [1.165, 1.54) is 11.8 Å². The minimum absolute atomic E-state index is 0.0125. The molecule has 104 valence electrons. The Kier molecular flexibility index (Phi) is 5.52. The third-order valence-electron chi connectivity index (χ3n) is 2.56. The second-order valence-corrected chi connectivity index (χ2v) is 5.24. The van der Waals surface area contributed by atoms with Gasteiger partial charge in [-0.2, -0.15) is 5.10 Å². The van der Waals surface area contributed by atoms with Gasteiger partial charge in [0.2, 0.25) is 5.91 Å². The first-order valence-corrected chi connectivity index (χ1v) is 7.08. The minimum Gasteiger partial charge on any atom is -0.396 e. The Morgan fingerprint density at radius 3 is 2.90 bits per heavy atom. The minimum atomic E-state index is -0.270. The molecule has 0 bridgehead atoms. The summed E-state index contributed by atoms with van der Waals surface area (Å²) < 4.78 is 0. The van der Waals surface area contributed by atoms with Gasteiger partial charge in [-0.25, -0.2) is 0 Å². The van der Waals surface area contributed by atoms with E-state index in [-0.39, 0.29) is 17.8 Å². The summed E-state index contributed by atoms with van der Waals surface area (Å²) in [6.07, 6.45) is 5.68. The van der Waals surface area contributed by atoms with Crippen LogP contribution < -0.4 is 5.32 Å². The smallest absolute Gasteiger partial charge is 0.239 e. The number of aliphatic hydroxyl groups excluding tert-OH is 1. The molecule has 1 aliphatic heterocycles. The van der Waals surface area contributed by atoms with Crippen molar-refractivity contribution in [3.63, 3.8) is 0 Å². The highest BCUT2D eigenvalue weighted by atomic mass is 32.2. The van der Waals surface area contributed by atoms with E-state index in [4.69, 9.17) is 5.11 Å². The third-order valence-corrected chi connectivity index (χ3v) is 3.70. The van der Waals surface area contributed by atoms with Gasteiger partial charge >= 0.3 is 0 Å². The molecule has 0 saturated carbocycles. The Morgan fingerprint density at radius 1 is 1.35 bits per heavy atom. The third kappa shape index (κ3) is 4.32. The second-order valence-electron chi connectivity index (χ2n) is 4.05. The number of carbonyl (C=O) groups excluding carboxylic acids is 1. The molecule has 1 heterocycles. The molecular weight excluding hydrogens is 274 g/mol. The standard InChI is InChI=1S/C14H15N3O2S/c18-10-8-12-13(19)16-14(20-12)17-15-9-4-7-11-5-2-1-3-6-11/h1-7,9,12,18H,8,10H2,(H,16,17,19)/b7-4-,15-9+/t12-/m0/s1. The molecule has 1 aromatic carbocycles. The summed E-state index contributed by atoms with van der Waals surface area (Å²) in [6.45, 7) is -0.0125. The molecule has 6 heteroatoms. The van der Waals surface area contributed by atoms with Gasteiger partial charge in [0.15, 0.2) is 5.17 Å². The van der Waals surface area contributed by atoms with Gasteiger partial charge in [0.1, 0.15) is 0 Å². The number of benzene rings is 1. The Hall–Kier alpha value is -1.92. The molecular formula is C14H15N3O2S. The number of thioether (sulfide) groups is 1. The maximum atomic E-state index is 11.5. The van der Waals surface area contributed by atoms with Crippen molar-refractivity contribution in [2.45, 2.75) is 11.7 Å². The molecule has 0 radical (unpaired) electrons. The van der Waals surface area contributed by atoms with Crippen LogP contribution in [0, 0.1) is 0 Å². The normalized spacial score (nSPS) is 21.1. The lowest BCUT2D eigenvalue weighted by Crippen LogP contribution is -2.25. The van der Waals surface area contributed by atoms with Crippen LogP contribution in [0.25, 0.3) is 6.08 Å². The molecule has 1 saturated heterocycles. The van der Waals surface area contributed by atoms with Crippen LogP contribution in [0.5, 0.6) is 0 Å². The van der Waals surface area contributed by atoms with Crippen LogP contribution in [0.3, 0.4) is 0 Å². The SMILES string of the molecule is O=C1N/C(=N/N=C/C=C\c2ccccc2)S[C@H]1CCO. The molecule has 0 unspecified atom stereocenters. The lowest BCUT2D eigenvalue weighted by molar-refractivity contribution is -0.119. The number of hydrogen-bond donors (Lipinski definition) is 2. The summed E-state index contributed by atoms with van der Waals surface area (Å²) in [5.41, 5.74) is 1.08. The quantitative estimate of drug-likeness (QED) is 0.639. The van der Waals surface area contributed by atoms with E-state index < -0.39 is 0 Å². The number of hydrogen-bond acceptors (Lipinski definition) is 5. The zero-order chi connectivity index (χ0) is 14.2. The number of carbonyl (C=O) groups is 1. The highest BCUT2D eigenvalue weighted by Gasteiger charge is 2.29. The average Bonchev–Trinajstić information content (AvgIpc) is 2.80. The topological polar surface area (TPSA) is 74.0 Å². The molecule has 1 aliphatic rings. The predicted octanol–water partition coefficient (Wildman–Crippen LogP) is 1.66. The average molecular weight is 289 g/mol. The van der Waals surface area contributed by atoms with Crippen LogP contribution >= 0.6 is 11.8 Å². The summed E-state index contributed by atoms with van der Waals surface area (Å²) >= 11 is 1.29. The van der Waals surface area contributed by atoms with E-state index in [1.807, 2.05) is 36.4 Å². The largest absolute Gasteiger partial charge is 0.396 e. The summed E-state index contributed by atoms with van der Waals surface area (Å²) in [5, 5.41) is 19.4. The predicted molar refractivity (Wildman–Crippen MR) is 82.6 cm³/mol. The highest BCUT2D eigenvalue weighted by molar-refractivity contribution is 8.15. The van der Waals surface area contributed by atoms with Gasteiger partial charge in [-0.05, 0) is 18.1 Å². The number of allylic oxidation sites excluding steroid dienone is 1. The van der Waals surface area contributed by atoms with Gasteiger partial charge in [-0.1, -0.05) is 48.2 Å². The van der Waals surface area contributed by atoms with Gasteiger partial charge in [0.25, 0.3) is 0 Å².